The maximum absolute atomic E-state index is 5.20. The van der Waals surface area contributed by atoms with Crippen LogP contribution >= 0.6 is 12.2 Å². The average molecular weight is 313 g/mol. The van der Waals surface area contributed by atoms with E-state index in [1.165, 1.54) is 0 Å². The maximum atomic E-state index is 5.20. The van der Waals surface area contributed by atoms with Crippen LogP contribution < -0.4 is 10.7 Å². The van der Waals surface area contributed by atoms with Crippen molar-refractivity contribution in [2.75, 3.05) is 20.3 Å². The van der Waals surface area contributed by atoms with Crippen molar-refractivity contribution >= 4 is 23.0 Å². The third-order valence-electron chi connectivity index (χ3n) is 2.96. The van der Waals surface area contributed by atoms with E-state index in [4.69, 9.17) is 17.0 Å². The first-order chi connectivity index (χ1) is 10.8. The molecule has 0 aromatic heterocycles. The average Bonchev–Trinajstić information content (AvgIpc) is 2.57. The molecule has 0 atom stereocenters. The van der Waals surface area contributed by atoms with E-state index in [-0.39, 0.29) is 0 Å². The number of nitrogens with zero attached hydrogens (tertiary/aromatic N) is 1. The Bertz CT molecular complexity index is 573. The van der Waals surface area contributed by atoms with E-state index in [1.54, 1.807) is 7.11 Å². The predicted molar refractivity (Wildman–Crippen MR) is 94.1 cm³/mol. The zero-order valence-corrected chi connectivity index (χ0v) is 13.3. The zero-order valence-electron chi connectivity index (χ0n) is 12.5. The molecular weight excluding hydrogens is 294 g/mol. The van der Waals surface area contributed by atoms with Crippen molar-refractivity contribution in [2.24, 2.45) is 5.10 Å². The molecule has 0 saturated heterocycles. The standard InChI is InChI=1S/C17H19N3OS/c1-21-13-12-18-17(22)20-19-16(14-8-4-2-5-9-14)15-10-6-3-7-11-15/h2-11H,12-13H2,1H3,(H2,18,20,22). The van der Waals surface area contributed by atoms with Gasteiger partial charge in [0.25, 0.3) is 0 Å². The van der Waals surface area contributed by atoms with E-state index in [9.17, 15) is 0 Å². The first kappa shape index (κ1) is 16.1. The van der Waals surface area contributed by atoms with Crippen molar-refractivity contribution in [3.8, 4) is 0 Å². The van der Waals surface area contributed by atoms with Crippen molar-refractivity contribution in [3.05, 3.63) is 71.8 Å². The van der Waals surface area contributed by atoms with Crippen LogP contribution in [0.15, 0.2) is 65.8 Å². The third kappa shape index (κ3) is 4.95. The molecule has 0 aliphatic heterocycles. The highest BCUT2D eigenvalue weighted by Gasteiger charge is 2.06. The summed E-state index contributed by atoms with van der Waals surface area (Å²) in [6.07, 6.45) is 0. The lowest BCUT2D eigenvalue weighted by atomic mass is 10.0. The van der Waals surface area contributed by atoms with Gasteiger partial charge in [-0.05, 0) is 12.2 Å². The molecule has 2 N–H and O–H groups in total. The van der Waals surface area contributed by atoms with Crippen LogP contribution in [-0.4, -0.2) is 31.1 Å². The largest absolute Gasteiger partial charge is 0.383 e. The minimum atomic E-state index is 0.474. The quantitative estimate of drug-likeness (QED) is 0.372. The summed E-state index contributed by atoms with van der Waals surface area (Å²) in [6.45, 7) is 1.24. The normalized spacial score (nSPS) is 9.86. The first-order valence-electron chi connectivity index (χ1n) is 7.02. The van der Waals surface area contributed by atoms with Gasteiger partial charge in [0.2, 0.25) is 0 Å². The lowest BCUT2D eigenvalue weighted by Gasteiger charge is -2.10. The van der Waals surface area contributed by atoms with E-state index >= 15 is 0 Å². The minimum Gasteiger partial charge on any atom is -0.383 e. The Morgan fingerprint density at radius 1 is 1.00 bits per heavy atom. The monoisotopic (exact) mass is 313 g/mol. The van der Waals surface area contributed by atoms with Crippen LogP contribution in [0.1, 0.15) is 11.1 Å². The van der Waals surface area contributed by atoms with Gasteiger partial charge in [0.1, 0.15) is 0 Å². The minimum absolute atomic E-state index is 0.474. The highest BCUT2D eigenvalue weighted by Crippen LogP contribution is 2.10. The Kier molecular flexibility index (Phi) is 6.54. The number of hydrogen-bond donors (Lipinski definition) is 2. The van der Waals surface area contributed by atoms with Crippen molar-refractivity contribution in [1.82, 2.24) is 10.7 Å². The van der Waals surface area contributed by atoms with E-state index in [0.717, 1.165) is 16.8 Å². The third-order valence-corrected chi connectivity index (χ3v) is 3.19. The number of methoxy groups -OCH3 is 1. The number of hydrazone groups is 1. The Morgan fingerprint density at radius 3 is 2.05 bits per heavy atom. The molecule has 0 heterocycles. The molecule has 0 amide bonds. The lowest BCUT2D eigenvalue weighted by molar-refractivity contribution is 0.204. The summed E-state index contributed by atoms with van der Waals surface area (Å²) in [5.41, 5.74) is 5.79. The Morgan fingerprint density at radius 2 is 1.55 bits per heavy atom. The summed E-state index contributed by atoms with van der Waals surface area (Å²) in [4.78, 5) is 0. The van der Waals surface area contributed by atoms with Gasteiger partial charge in [0.05, 0.1) is 12.3 Å². The summed E-state index contributed by atoms with van der Waals surface area (Å²) in [7, 11) is 1.65. The summed E-state index contributed by atoms with van der Waals surface area (Å²) < 4.78 is 4.97. The lowest BCUT2D eigenvalue weighted by Crippen LogP contribution is -2.34. The van der Waals surface area contributed by atoms with Crippen LogP contribution in [0.4, 0.5) is 0 Å². The molecule has 5 heteroatoms. The molecule has 0 radical (unpaired) electrons. The van der Waals surface area contributed by atoms with Crippen molar-refractivity contribution < 1.29 is 4.74 Å². The fourth-order valence-electron chi connectivity index (χ4n) is 1.90. The van der Waals surface area contributed by atoms with E-state index in [1.807, 2.05) is 60.7 Å². The van der Waals surface area contributed by atoms with Crippen molar-refractivity contribution in [1.29, 1.82) is 0 Å². The fraction of sp³-hybridized carbons (Fsp3) is 0.176. The number of hydrogen-bond acceptors (Lipinski definition) is 3. The molecule has 0 bridgehead atoms. The van der Waals surface area contributed by atoms with E-state index in [0.29, 0.717) is 18.3 Å². The second kappa shape index (κ2) is 8.92. The second-order valence-electron chi connectivity index (χ2n) is 4.55. The molecule has 0 spiro atoms. The Hall–Kier alpha value is -2.24. The second-order valence-corrected chi connectivity index (χ2v) is 4.96. The topological polar surface area (TPSA) is 45.6 Å². The van der Waals surface area contributed by atoms with Crippen LogP contribution in [-0.2, 0) is 4.74 Å². The van der Waals surface area contributed by atoms with Crippen LogP contribution in [0.2, 0.25) is 0 Å². The summed E-state index contributed by atoms with van der Waals surface area (Å²) in [5, 5.41) is 7.97. The van der Waals surface area contributed by atoms with Gasteiger partial charge in [-0.15, -0.1) is 0 Å². The van der Waals surface area contributed by atoms with Crippen LogP contribution in [0, 0.1) is 0 Å². The van der Waals surface area contributed by atoms with Gasteiger partial charge in [-0.3, -0.25) is 5.43 Å². The number of thiocarbonyl (C=S) groups is 1. The summed E-state index contributed by atoms with van der Waals surface area (Å²) in [5.74, 6) is 0. The van der Waals surface area contributed by atoms with Crippen LogP contribution in [0.5, 0.6) is 0 Å². The van der Waals surface area contributed by atoms with Gasteiger partial charge >= 0.3 is 0 Å². The molecular formula is C17H19N3OS. The first-order valence-corrected chi connectivity index (χ1v) is 7.43. The molecule has 2 aromatic rings. The SMILES string of the molecule is COCCNC(=S)NN=C(c1ccccc1)c1ccccc1. The van der Waals surface area contributed by atoms with Gasteiger partial charge in [-0.1, -0.05) is 60.7 Å². The zero-order chi connectivity index (χ0) is 15.6. The predicted octanol–water partition coefficient (Wildman–Crippen LogP) is 2.55. The molecule has 0 fully saturated rings. The molecule has 4 nitrogen and oxygen atoms in total. The number of nitrogens with one attached hydrogen (secondary N) is 2. The molecule has 22 heavy (non-hydrogen) atoms. The van der Waals surface area contributed by atoms with Crippen LogP contribution in [0.3, 0.4) is 0 Å². The van der Waals surface area contributed by atoms with Gasteiger partial charge in [-0.2, -0.15) is 5.10 Å². The maximum Gasteiger partial charge on any atom is 0.187 e. The summed E-state index contributed by atoms with van der Waals surface area (Å²) in [6, 6.07) is 20.0. The molecule has 114 valence electrons. The molecule has 0 aliphatic carbocycles. The number of rotatable bonds is 6. The molecule has 0 saturated carbocycles. The molecule has 0 unspecified atom stereocenters. The fourth-order valence-corrected chi connectivity index (χ4v) is 2.05. The van der Waals surface area contributed by atoms with Crippen molar-refractivity contribution in [2.45, 2.75) is 0 Å². The van der Waals surface area contributed by atoms with Crippen molar-refractivity contribution in [3.63, 3.8) is 0 Å². The molecule has 0 aliphatic rings. The Labute approximate surface area is 136 Å². The molecule has 2 rings (SSSR count). The highest BCUT2D eigenvalue weighted by molar-refractivity contribution is 7.80. The van der Waals surface area contributed by atoms with Crippen LogP contribution in [0.25, 0.3) is 0 Å². The molecule has 2 aromatic carbocycles. The van der Waals surface area contributed by atoms with Gasteiger partial charge in [0.15, 0.2) is 5.11 Å². The highest BCUT2D eigenvalue weighted by atomic mass is 32.1. The Balaban J connectivity index is 2.15. The van der Waals surface area contributed by atoms with Gasteiger partial charge in [-0.25, -0.2) is 0 Å². The van der Waals surface area contributed by atoms with Gasteiger partial charge in [0, 0.05) is 24.8 Å². The van der Waals surface area contributed by atoms with E-state index in [2.05, 4.69) is 15.8 Å². The number of ether oxygens (including phenoxy) is 1. The van der Waals surface area contributed by atoms with Gasteiger partial charge < -0.3 is 10.1 Å². The summed E-state index contributed by atoms with van der Waals surface area (Å²) >= 11 is 5.20. The smallest absolute Gasteiger partial charge is 0.187 e. The number of benzene rings is 2. The van der Waals surface area contributed by atoms with E-state index < -0.39 is 0 Å².